The number of fused-ring (bicyclic) bond motifs is 3. The minimum Gasteiger partial charge on any atom is -0.309 e. The zero-order valence-corrected chi connectivity index (χ0v) is 16.8. The first-order chi connectivity index (χ1) is 15.4. The number of aromatic nitrogens is 3. The van der Waals surface area contributed by atoms with Crippen molar-refractivity contribution in [2.24, 2.45) is 0 Å². The number of hydrogen-bond acceptors (Lipinski definition) is 2. The van der Waals surface area contributed by atoms with Gasteiger partial charge in [-0.15, -0.1) is 0 Å². The Hall–Kier alpha value is -4.24. The lowest BCUT2D eigenvalue weighted by Crippen LogP contribution is -1.94. The van der Waals surface area contributed by atoms with Crippen molar-refractivity contribution in [3.63, 3.8) is 0 Å². The largest absolute Gasteiger partial charge is 0.309 e. The van der Waals surface area contributed by atoms with Gasteiger partial charge in [-0.05, 0) is 48.5 Å². The van der Waals surface area contributed by atoms with E-state index in [0.717, 1.165) is 28.2 Å². The summed E-state index contributed by atoms with van der Waals surface area (Å²) < 4.78 is 2.34. The van der Waals surface area contributed by atoms with Gasteiger partial charge in [0, 0.05) is 40.0 Å². The second-order valence-corrected chi connectivity index (χ2v) is 7.56. The molecule has 0 atom stereocenters. The van der Waals surface area contributed by atoms with E-state index in [2.05, 4.69) is 93.4 Å². The first-order valence-electron chi connectivity index (χ1n) is 10.3. The summed E-state index contributed by atoms with van der Waals surface area (Å²) in [6.45, 7) is 0. The molecule has 0 saturated carbocycles. The third kappa shape index (κ3) is 2.99. The molecule has 146 valence electrons. The maximum atomic E-state index is 4.55. The predicted molar refractivity (Wildman–Crippen MR) is 127 cm³/mol. The molecule has 6 rings (SSSR count). The monoisotopic (exact) mass is 397 g/mol. The van der Waals surface area contributed by atoms with Gasteiger partial charge in [-0.1, -0.05) is 54.6 Å². The molecular formula is C28H19N3. The van der Waals surface area contributed by atoms with E-state index in [0.29, 0.717) is 0 Å². The Morgan fingerprint density at radius 3 is 1.48 bits per heavy atom. The van der Waals surface area contributed by atoms with Gasteiger partial charge in [0.1, 0.15) is 0 Å². The van der Waals surface area contributed by atoms with Crippen LogP contribution >= 0.6 is 0 Å². The molecule has 6 aromatic rings. The lowest BCUT2D eigenvalue weighted by Gasteiger charge is -2.09. The van der Waals surface area contributed by atoms with Crippen LogP contribution in [0.1, 0.15) is 0 Å². The lowest BCUT2D eigenvalue weighted by atomic mass is 10.1. The Bertz CT molecular complexity index is 1410. The van der Waals surface area contributed by atoms with Crippen LogP contribution in [0.2, 0.25) is 0 Å². The summed E-state index contributed by atoms with van der Waals surface area (Å²) in [5, 5.41) is 2.46. The first kappa shape index (κ1) is 17.6. The van der Waals surface area contributed by atoms with E-state index in [4.69, 9.17) is 0 Å². The highest BCUT2D eigenvalue weighted by molar-refractivity contribution is 6.11. The number of hydrogen-bond donors (Lipinski definition) is 0. The normalized spacial score (nSPS) is 11.2. The van der Waals surface area contributed by atoms with Gasteiger partial charge in [-0.25, -0.2) is 0 Å². The zero-order valence-electron chi connectivity index (χ0n) is 16.8. The van der Waals surface area contributed by atoms with Gasteiger partial charge in [0.25, 0.3) is 0 Å². The number of nitrogens with zero attached hydrogens (tertiary/aromatic N) is 3. The molecule has 0 bridgehead atoms. The molecule has 0 radical (unpaired) electrons. The van der Waals surface area contributed by atoms with Crippen molar-refractivity contribution in [1.82, 2.24) is 14.5 Å². The summed E-state index contributed by atoms with van der Waals surface area (Å²) >= 11 is 0. The molecule has 0 aliphatic carbocycles. The highest BCUT2D eigenvalue weighted by atomic mass is 15.0. The van der Waals surface area contributed by atoms with Crippen LogP contribution in [-0.4, -0.2) is 14.5 Å². The van der Waals surface area contributed by atoms with E-state index >= 15 is 0 Å². The minimum absolute atomic E-state index is 0.975. The molecule has 31 heavy (non-hydrogen) atoms. The SMILES string of the molecule is c1ccc(-n2c3cc(-c4ccccn4)ccc3c3ccc(-c4ccccn4)cc32)cc1. The molecule has 3 nitrogen and oxygen atoms in total. The molecular weight excluding hydrogens is 378 g/mol. The van der Waals surface area contributed by atoms with Gasteiger partial charge in [-0.2, -0.15) is 0 Å². The molecule has 3 aromatic carbocycles. The van der Waals surface area contributed by atoms with Crippen LogP contribution in [0.25, 0.3) is 50.0 Å². The van der Waals surface area contributed by atoms with Crippen molar-refractivity contribution in [1.29, 1.82) is 0 Å². The second-order valence-electron chi connectivity index (χ2n) is 7.56. The predicted octanol–water partition coefficient (Wildman–Crippen LogP) is 6.91. The number of pyridine rings is 2. The van der Waals surface area contributed by atoms with Crippen LogP contribution in [0.4, 0.5) is 0 Å². The van der Waals surface area contributed by atoms with Gasteiger partial charge in [0.05, 0.1) is 22.4 Å². The van der Waals surface area contributed by atoms with Gasteiger partial charge in [0.2, 0.25) is 0 Å². The van der Waals surface area contributed by atoms with Crippen LogP contribution in [-0.2, 0) is 0 Å². The fraction of sp³-hybridized carbons (Fsp3) is 0. The summed E-state index contributed by atoms with van der Waals surface area (Å²) in [6.07, 6.45) is 3.68. The molecule has 0 aliphatic rings. The van der Waals surface area contributed by atoms with E-state index < -0.39 is 0 Å². The van der Waals surface area contributed by atoms with Crippen molar-refractivity contribution < 1.29 is 0 Å². The van der Waals surface area contributed by atoms with Crippen LogP contribution < -0.4 is 0 Å². The molecule has 0 saturated heterocycles. The van der Waals surface area contributed by atoms with Crippen molar-refractivity contribution in [3.05, 3.63) is 116 Å². The Morgan fingerprint density at radius 1 is 0.484 bits per heavy atom. The van der Waals surface area contributed by atoms with Crippen molar-refractivity contribution >= 4 is 21.8 Å². The molecule has 3 heterocycles. The Morgan fingerprint density at radius 2 is 1.00 bits per heavy atom. The maximum Gasteiger partial charge on any atom is 0.0702 e. The standard InChI is InChI=1S/C28H19N3/c1-2-8-22(9-3-1)31-27-18-20(25-10-4-6-16-29-25)12-14-23(27)24-15-13-21(19-28(24)31)26-11-5-7-17-30-26/h1-19H. The zero-order chi connectivity index (χ0) is 20.6. The Balaban J connectivity index is 1.68. The van der Waals surface area contributed by atoms with E-state index in [1.165, 1.54) is 21.8 Å². The second kappa shape index (κ2) is 7.22. The molecule has 0 unspecified atom stereocenters. The van der Waals surface area contributed by atoms with Crippen LogP contribution in [0.3, 0.4) is 0 Å². The molecule has 3 aromatic heterocycles. The Labute approximate surface area is 180 Å². The average molecular weight is 397 g/mol. The lowest BCUT2D eigenvalue weighted by molar-refractivity contribution is 1.18. The van der Waals surface area contributed by atoms with Gasteiger partial charge in [0.15, 0.2) is 0 Å². The molecule has 0 N–H and O–H groups in total. The average Bonchev–Trinajstić information content (AvgIpc) is 3.18. The minimum atomic E-state index is 0.975. The number of rotatable bonds is 3. The van der Waals surface area contributed by atoms with Gasteiger partial charge in [-0.3, -0.25) is 9.97 Å². The highest BCUT2D eigenvalue weighted by Gasteiger charge is 2.14. The van der Waals surface area contributed by atoms with Crippen molar-refractivity contribution in [3.8, 4) is 28.2 Å². The fourth-order valence-electron chi connectivity index (χ4n) is 4.26. The van der Waals surface area contributed by atoms with Gasteiger partial charge < -0.3 is 4.57 Å². The number of para-hydroxylation sites is 1. The van der Waals surface area contributed by atoms with E-state index in [1.54, 1.807) is 0 Å². The molecule has 0 amide bonds. The summed E-state index contributed by atoms with van der Waals surface area (Å²) in [7, 11) is 0. The van der Waals surface area contributed by atoms with Crippen LogP contribution in [0.5, 0.6) is 0 Å². The number of benzene rings is 3. The summed E-state index contributed by atoms with van der Waals surface area (Å²) in [5.74, 6) is 0. The molecule has 0 spiro atoms. The van der Waals surface area contributed by atoms with E-state index in [9.17, 15) is 0 Å². The van der Waals surface area contributed by atoms with E-state index in [-0.39, 0.29) is 0 Å². The maximum absolute atomic E-state index is 4.55. The summed E-state index contributed by atoms with van der Waals surface area (Å²) in [4.78, 5) is 9.10. The topological polar surface area (TPSA) is 30.7 Å². The Kier molecular flexibility index (Phi) is 4.10. The first-order valence-corrected chi connectivity index (χ1v) is 10.3. The highest BCUT2D eigenvalue weighted by Crippen LogP contribution is 2.36. The van der Waals surface area contributed by atoms with Crippen molar-refractivity contribution in [2.45, 2.75) is 0 Å². The molecule has 3 heteroatoms. The third-order valence-corrected chi connectivity index (χ3v) is 5.70. The van der Waals surface area contributed by atoms with Crippen molar-refractivity contribution in [2.75, 3.05) is 0 Å². The van der Waals surface area contributed by atoms with Crippen LogP contribution in [0.15, 0.2) is 116 Å². The van der Waals surface area contributed by atoms with Gasteiger partial charge >= 0.3 is 0 Å². The smallest absolute Gasteiger partial charge is 0.0702 e. The third-order valence-electron chi connectivity index (χ3n) is 5.70. The molecule has 0 aliphatic heterocycles. The fourth-order valence-corrected chi connectivity index (χ4v) is 4.26. The van der Waals surface area contributed by atoms with E-state index in [1.807, 2.05) is 36.7 Å². The molecule has 0 fully saturated rings. The summed E-state index contributed by atoms with van der Waals surface area (Å²) in [6, 6.07) is 35.8. The summed E-state index contributed by atoms with van der Waals surface area (Å²) in [5.41, 5.74) is 7.65. The van der Waals surface area contributed by atoms with Crippen LogP contribution in [0, 0.1) is 0 Å². The quantitative estimate of drug-likeness (QED) is 0.325.